The zero-order valence-corrected chi connectivity index (χ0v) is 16.7. The number of amides is 1. The highest BCUT2D eigenvalue weighted by atomic mass is 79.9. The zero-order chi connectivity index (χ0) is 18.4. The second-order valence-corrected chi connectivity index (χ2v) is 7.81. The average molecular weight is 435 g/mol. The summed E-state index contributed by atoms with van der Waals surface area (Å²) in [4.78, 5) is 14.7. The summed E-state index contributed by atoms with van der Waals surface area (Å²) in [6.45, 7) is 2.72. The van der Waals surface area contributed by atoms with Gasteiger partial charge in [0.05, 0.1) is 6.21 Å². The van der Waals surface area contributed by atoms with Gasteiger partial charge in [-0.3, -0.25) is 9.69 Å². The fourth-order valence-corrected chi connectivity index (χ4v) is 3.40. The topological polar surface area (TPSA) is 44.7 Å². The maximum absolute atomic E-state index is 12.3. The first-order valence-electron chi connectivity index (χ1n) is 8.65. The zero-order valence-electron chi connectivity index (χ0n) is 14.4. The first-order valence-corrected chi connectivity index (χ1v) is 9.82. The molecule has 1 aliphatic heterocycles. The molecular weight excluding hydrogens is 414 g/mol. The summed E-state index contributed by atoms with van der Waals surface area (Å²) in [6.07, 6.45) is 3.38. The van der Waals surface area contributed by atoms with Gasteiger partial charge in [0.15, 0.2) is 0 Å². The Morgan fingerprint density at radius 1 is 1.15 bits per heavy atom. The number of halogens is 2. The summed E-state index contributed by atoms with van der Waals surface area (Å²) in [5.41, 5.74) is 4.87. The van der Waals surface area contributed by atoms with E-state index in [1.807, 2.05) is 36.4 Å². The Bertz CT molecular complexity index is 754. The van der Waals surface area contributed by atoms with Gasteiger partial charge >= 0.3 is 0 Å². The molecule has 0 radical (unpaired) electrons. The van der Waals surface area contributed by atoms with Crippen LogP contribution in [0.3, 0.4) is 0 Å². The van der Waals surface area contributed by atoms with Crippen LogP contribution in [0.1, 0.15) is 24.0 Å². The van der Waals surface area contributed by atoms with Crippen molar-refractivity contribution in [2.24, 2.45) is 11.0 Å². The highest BCUT2D eigenvalue weighted by Gasteiger charge is 2.24. The van der Waals surface area contributed by atoms with Crippen LogP contribution in [0, 0.1) is 5.92 Å². The van der Waals surface area contributed by atoms with E-state index in [9.17, 15) is 4.79 Å². The van der Waals surface area contributed by atoms with Crippen molar-refractivity contribution in [1.82, 2.24) is 10.3 Å². The quantitative estimate of drug-likeness (QED) is 0.557. The van der Waals surface area contributed by atoms with Crippen molar-refractivity contribution >= 4 is 39.7 Å². The van der Waals surface area contributed by atoms with Crippen LogP contribution >= 0.6 is 27.5 Å². The van der Waals surface area contributed by atoms with Gasteiger partial charge in [0.25, 0.3) is 0 Å². The SMILES string of the molecule is O=C(N/N=C/c1ccc(Br)cc1)C1CCN(Cc2ccc(Cl)cc2)CC1. The summed E-state index contributed by atoms with van der Waals surface area (Å²) in [7, 11) is 0. The molecule has 1 heterocycles. The van der Waals surface area contributed by atoms with Gasteiger partial charge in [-0.2, -0.15) is 5.10 Å². The number of hydrogen-bond acceptors (Lipinski definition) is 3. The number of nitrogens with zero attached hydrogens (tertiary/aromatic N) is 2. The van der Waals surface area contributed by atoms with Crippen LogP contribution in [-0.4, -0.2) is 30.1 Å². The molecule has 1 fully saturated rings. The van der Waals surface area contributed by atoms with E-state index in [4.69, 9.17) is 11.6 Å². The number of piperidine rings is 1. The summed E-state index contributed by atoms with van der Waals surface area (Å²) in [6, 6.07) is 15.7. The van der Waals surface area contributed by atoms with Crippen molar-refractivity contribution < 1.29 is 4.79 Å². The lowest BCUT2D eigenvalue weighted by molar-refractivity contribution is -0.126. The third-order valence-electron chi connectivity index (χ3n) is 4.54. The Morgan fingerprint density at radius 2 is 1.81 bits per heavy atom. The number of carbonyl (C=O) groups is 1. The predicted octanol–water partition coefficient (Wildman–Crippen LogP) is 4.46. The highest BCUT2D eigenvalue weighted by molar-refractivity contribution is 9.10. The van der Waals surface area contributed by atoms with Gasteiger partial charge in [-0.1, -0.05) is 51.8 Å². The number of hydrazone groups is 1. The molecule has 136 valence electrons. The second kappa shape index (κ2) is 9.31. The van der Waals surface area contributed by atoms with Crippen LogP contribution < -0.4 is 5.43 Å². The molecule has 2 aromatic rings. The lowest BCUT2D eigenvalue weighted by Crippen LogP contribution is -2.39. The van der Waals surface area contributed by atoms with Crippen molar-refractivity contribution in [1.29, 1.82) is 0 Å². The molecule has 0 atom stereocenters. The molecule has 0 saturated carbocycles. The largest absolute Gasteiger partial charge is 0.299 e. The summed E-state index contributed by atoms with van der Waals surface area (Å²) in [5.74, 6) is 0.0306. The van der Waals surface area contributed by atoms with Crippen molar-refractivity contribution in [3.8, 4) is 0 Å². The number of nitrogens with one attached hydrogen (secondary N) is 1. The third-order valence-corrected chi connectivity index (χ3v) is 5.32. The number of carbonyl (C=O) groups excluding carboxylic acids is 1. The van der Waals surface area contributed by atoms with E-state index in [-0.39, 0.29) is 11.8 Å². The van der Waals surface area contributed by atoms with Crippen LogP contribution in [0.5, 0.6) is 0 Å². The van der Waals surface area contributed by atoms with Gasteiger partial charge in [-0.25, -0.2) is 5.43 Å². The van der Waals surface area contributed by atoms with E-state index in [1.54, 1.807) is 6.21 Å². The standard InChI is InChI=1S/C20H21BrClN3O/c21-18-5-1-15(2-6-18)13-23-24-20(26)17-9-11-25(12-10-17)14-16-3-7-19(22)8-4-16/h1-8,13,17H,9-12,14H2,(H,24,26)/b23-13+. The average Bonchev–Trinajstić information content (AvgIpc) is 2.66. The number of hydrogen-bond donors (Lipinski definition) is 1. The van der Waals surface area contributed by atoms with Crippen molar-refractivity contribution in [3.05, 3.63) is 69.2 Å². The molecule has 1 amide bonds. The first-order chi connectivity index (χ1) is 12.6. The molecule has 2 aromatic carbocycles. The summed E-state index contributed by atoms with van der Waals surface area (Å²) < 4.78 is 1.02. The van der Waals surface area contributed by atoms with Gasteiger partial charge in [-0.15, -0.1) is 0 Å². The van der Waals surface area contributed by atoms with Crippen molar-refractivity contribution in [2.75, 3.05) is 13.1 Å². The second-order valence-electron chi connectivity index (χ2n) is 6.46. The van der Waals surface area contributed by atoms with E-state index < -0.39 is 0 Å². The monoisotopic (exact) mass is 433 g/mol. The molecule has 26 heavy (non-hydrogen) atoms. The lowest BCUT2D eigenvalue weighted by atomic mass is 9.96. The van der Waals surface area contributed by atoms with E-state index >= 15 is 0 Å². The molecular formula is C20H21BrClN3O. The van der Waals surface area contributed by atoms with Crippen LogP contribution in [0.4, 0.5) is 0 Å². The van der Waals surface area contributed by atoms with Crippen LogP contribution in [0.15, 0.2) is 58.1 Å². The number of rotatable bonds is 5. The lowest BCUT2D eigenvalue weighted by Gasteiger charge is -2.30. The van der Waals surface area contributed by atoms with Crippen molar-refractivity contribution in [2.45, 2.75) is 19.4 Å². The molecule has 1 saturated heterocycles. The molecule has 1 aliphatic rings. The maximum Gasteiger partial charge on any atom is 0.243 e. The molecule has 0 unspecified atom stereocenters. The molecule has 0 aliphatic carbocycles. The fraction of sp³-hybridized carbons (Fsp3) is 0.300. The summed E-state index contributed by atoms with van der Waals surface area (Å²) >= 11 is 9.32. The molecule has 0 spiro atoms. The molecule has 1 N–H and O–H groups in total. The smallest absolute Gasteiger partial charge is 0.243 e. The molecule has 3 rings (SSSR count). The predicted molar refractivity (Wildman–Crippen MR) is 109 cm³/mol. The van der Waals surface area contributed by atoms with Gasteiger partial charge in [0.2, 0.25) is 5.91 Å². The Kier molecular flexibility index (Phi) is 6.83. The van der Waals surface area contributed by atoms with E-state index in [0.717, 1.165) is 47.5 Å². The van der Waals surface area contributed by atoms with E-state index in [0.29, 0.717) is 0 Å². The molecule has 4 nitrogen and oxygen atoms in total. The highest BCUT2D eigenvalue weighted by Crippen LogP contribution is 2.20. The third kappa shape index (κ3) is 5.66. The first kappa shape index (κ1) is 19.1. The Balaban J connectivity index is 1.43. The van der Waals surface area contributed by atoms with Gasteiger partial charge in [0, 0.05) is 22.0 Å². The minimum atomic E-state index is 0.00417. The Hall–Kier alpha value is -1.69. The molecule has 6 heteroatoms. The minimum Gasteiger partial charge on any atom is -0.299 e. The van der Waals surface area contributed by atoms with Crippen molar-refractivity contribution in [3.63, 3.8) is 0 Å². The van der Waals surface area contributed by atoms with Gasteiger partial charge in [0.1, 0.15) is 0 Å². The molecule has 0 aromatic heterocycles. The summed E-state index contributed by atoms with van der Waals surface area (Å²) in [5, 5.41) is 4.83. The van der Waals surface area contributed by atoms with E-state index in [1.165, 1.54) is 5.56 Å². The fourth-order valence-electron chi connectivity index (χ4n) is 3.01. The van der Waals surface area contributed by atoms with Crippen LogP contribution in [-0.2, 0) is 11.3 Å². The van der Waals surface area contributed by atoms with Crippen LogP contribution in [0.2, 0.25) is 5.02 Å². The normalized spacial score (nSPS) is 16.1. The molecule has 0 bridgehead atoms. The van der Waals surface area contributed by atoms with E-state index in [2.05, 4.69) is 43.5 Å². The number of likely N-dealkylation sites (tertiary alicyclic amines) is 1. The Labute approximate surface area is 167 Å². The number of benzene rings is 2. The Morgan fingerprint density at radius 3 is 2.46 bits per heavy atom. The maximum atomic E-state index is 12.3. The van der Waals surface area contributed by atoms with Gasteiger partial charge < -0.3 is 0 Å². The van der Waals surface area contributed by atoms with Gasteiger partial charge in [-0.05, 0) is 61.3 Å². The van der Waals surface area contributed by atoms with Crippen LogP contribution in [0.25, 0.3) is 0 Å². The minimum absolute atomic E-state index is 0.00417.